The van der Waals surface area contributed by atoms with E-state index in [0.717, 1.165) is 18.2 Å². The Bertz CT molecular complexity index is 540. The number of carbonyl (C=O) groups excluding carboxylic acids is 1. The molecule has 0 saturated carbocycles. The van der Waals surface area contributed by atoms with Crippen molar-refractivity contribution in [2.45, 2.75) is 39.5 Å². The summed E-state index contributed by atoms with van der Waals surface area (Å²) in [5.41, 5.74) is -1.46. The molecule has 1 rings (SSSR count). The minimum absolute atomic E-state index is 0.00198. The summed E-state index contributed by atoms with van der Waals surface area (Å²) >= 11 is 0. The number of halogens is 3. The van der Waals surface area contributed by atoms with Crippen LogP contribution in [0.5, 0.6) is 5.75 Å². The maximum absolute atomic E-state index is 12.6. The molecule has 0 aliphatic carbocycles. The van der Waals surface area contributed by atoms with Gasteiger partial charge in [-0.05, 0) is 45.9 Å². The number of rotatable bonds is 3. The Kier molecular flexibility index (Phi) is 5.04. The zero-order valence-electron chi connectivity index (χ0n) is 12.2. The monoisotopic (exact) mass is 302 g/mol. The molecular formula is C15H17F3O3. The van der Waals surface area contributed by atoms with Crippen LogP contribution in [0.15, 0.2) is 36.1 Å². The zero-order valence-corrected chi connectivity index (χ0v) is 12.2. The first-order valence-corrected chi connectivity index (χ1v) is 6.24. The lowest BCUT2D eigenvalue weighted by Gasteiger charge is -2.18. The highest BCUT2D eigenvalue weighted by atomic mass is 19.4. The largest absolute Gasteiger partial charge is 0.462 e. The summed E-state index contributed by atoms with van der Waals surface area (Å²) < 4.78 is 47.9. The molecule has 0 N–H and O–H groups in total. The fraction of sp³-hybridized carbons (Fsp3) is 0.400. The second kappa shape index (κ2) is 6.20. The normalized spacial score (nSPS) is 13.0. The number of benzene rings is 1. The van der Waals surface area contributed by atoms with Gasteiger partial charge in [-0.1, -0.05) is 6.07 Å². The van der Waals surface area contributed by atoms with Gasteiger partial charge in [0.05, 0.1) is 11.6 Å². The van der Waals surface area contributed by atoms with E-state index in [-0.39, 0.29) is 11.5 Å². The van der Waals surface area contributed by atoms with Crippen molar-refractivity contribution in [3.8, 4) is 5.75 Å². The fourth-order valence-electron chi connectivity index (χ4n) is 1.45. The van der Waals surface area contributed by atoms with Gasteiger partial charge in [-0.15, -0.1) is 0 Å². The molecule has 0 saturated heterocycles. The predicted molar refractivity (Wildman–Crippen MR) is 71.7 cm³/mol. The zero-order chi connectivity index (χ0) is 16.3. The quantitative estimate of drug-likeness (QED) is 0.473. The highest BCUT2D eigenvalue weighted by molar-refractivity contribution is 5.82. The van der Waals surface area contributed by atoms with E-state index in [1.54, 1.807) is 20.8 Å². The molecule has 0 atom stereocenters. The first kappa shape index (κ1) is 17.1. The number of esters is 1. The standard InChI is InChI=1S/C15H17F3O3/c1-10(8-13(19)21-14(2,3)4)20-12-7-5-6-11(9-12)15(16,17)18/h5-9H,1-4H3/b10-8+. The SMILES string of the molecule is C/C(=C\C(=O)OC(C)(C)C)Oc1cccc(C(F)(F)F)c1. The van der Waals surface area contributed by atoms with Crippen LogP contribution in [0.3, 0.4) is 0 Å². The number of ether oxygens (including phenoxy) is 2. The van der Waals surface area contributed by atoms with Gasteiger partial charge in [0.15, 0.2) is 0 Å². The first-order chi connectivity index (χ1) is 9.47. The van der Waals surface area contributed by atoms with Crippen molar-refractivity contribution in [2.75, 3.05) is 0 Å². The van der Waals surface area contributed by atoms with Crippen LogP contribution in [0.1, 0.15) is 33.3 Å². The van der Waals surface area contributed by atoms with Crippen LogP contribution in [-0.4, -0.2) is 11.6 Å². The van der Waals surface area contributed by atoms with Gasteiger partial charge in [-0.3, -0.25) is 0 Å². The molecule has 116 valence electrons. The molecule has 0 aliphatic rings. The Morgan fingerprint density at radius 1 is 1.19 bits per heavy atom. The molecule has 3 nitrogen and oxygen atoms in total. The van der Waals surface area contributed by atoms with Gasteiger partial charge in [0.1, 0.15) is 17.1 Å². The van der Waals surface area contributed by atoms with Crippen LogP contribution < -0.4 is 4.74 Å². The van der Waals surface area contributed by atoms with Crippen LogP contribution in [0.4, 0.5) is 13.2 Å². The minimum Gasteiger partial charge on any atom is -0.462 e. The van der Waals surface area contributed by atoms with Crippen molar-refractivity contribution < 1.29 is 27.4 Å². The Labute approximate surface area is 121 Å². The fourth-order valence-corrected chi connectivity index (χ4v) is 1.45. The minimum atomic E-state index is -4.44. The third kappa shape index (κ3) is 6.33. The van der Waals surface area contributed by atoms with E-state index in [9.17, 15) is 18.0 Å². The number of carbonyl (C=O) groups is 1. The van der Waals surface area contributed by atoms with E-state index in [4.69, 9.17) is 9.47 Å². The summed E-state index contributed by atoms with van der Waals surface area (Å²) in [5.74, 6) is -0.474. The maximum Gasteiger partial charge on any atom is 0.416 e. The van der Waals surface area contributed by atoms with Crippen LogP contribution in [-0.2, 0) is 15.7 Å². The van der Waals surface area contributed by atoms with Crippen molar-refractivity contribution in [3.05, 3.63) is 41.7 Å². The number of allylic oxidation sites excluding steroid dienone is 1. The predicted octanol–water partition coefficient (Wildman–Crippen LogP) is 4.33. The van der Waals surface area contributed by atoms with Crippen LogP contribution in [0.2, 0.25) is 0 Å². The van der Waals surface area contributed by atoms with Crippen LogP contribution >= 0.6 is 0 Å². The van der Waals surface area contributed by atoms with Crippen molar-refractivity contribution in [1.29, 1.82) is 0 Å². The number of hydrogen-bond donors (Lipinski definition) is 0. The molecule has 0 heterocycles. The topological polar surface area (TPSA) is 35.5 Å². The van der Waals surface area contributed by atoms with E-state index in [1.807, 2.05) is 0 Å². The van der Waals surface area contributed by atoms with E-state index in [2.05, 4.69) is 0 Å². The van der Waals surface area contributed by atoms with E-state index < -0.39 is 23.3 Å². The Morgan fingerprint density at radius 3 is 2.33 bits per heavy atom. The maximum atomic E-state index is 12.6. The average Bonchev–Trinajstić information content (AvgIpc) is 2.24. The molecule has 0 unspecified atom stereocenters. The Morgan fingerprint density at radius 2 is 1.81 bits per heavy atom. The van der Waals surface area contributed by atoms with Gasteiger partial charge < -0.3 is 9.47 Å². The third-order valence-corrected chi connectivity index (χ3v) is 2.17. The lowest BCUT2D eigenvalue weighted by atomic mass is 10.2. The molecular weight excluding hydrogens is 285 g/mol. The Balaban J connectivity index is 2.79. The summed E-state index contributed by atoms with van der Waals surface area (Å²) in [5, 5.41) is 0. The van der Waals surface area contributed by atoms with E-state index >= 15 is 0 Å². The summed E-state index contributed by atoms with van der Waals surface area (Å²) in [6, 6.07) is 4.42. The van der Waals surface area contributed by atoms with Gasteiger partial charge in [0.25, 0.3) is 0 Å². The first-order valence-electron chi connectivity index (χ1n) is 6.24. The van der Waals surface area contributed by atoms with E-state index in [0.29, 0.717) is 0 Å². The Hall–Kier alpha value is -1.98. The van der Waals surface area contributed by atoms with Gasteiger partial charge in [-0.2, -0.15) is 13.2 Å². The second-order valence-electron chi connectivity index (χ2n) is 5.42. The molecule has 1 aromatic rings. The molecule has 0 amide bonds. The number of alkyl halides is 3. The van der Waals surface area contributed by atoms with Crippen LogP contribution in [0.25, 0.3) is 0 Å². The molecule has 21 heavy (non-hydrogen) atoms. The molecule has 1 aromatic carbocycles. The third-order valence-electron chi connectivity index (χ3n) is 2.17. The van der Waals surface area contributed by atoms with Gasteiger partial charge in [-0.25, -0.2) is 4.79 Å². The molecule has 0 radical (unpaired) electrons. The van der Waals surface area contributed by atoms with Gasteiger partial charge in [0.2, 0.25) is 0 Å². The average molecular weight is 302 g/mol. The summed E-state index contributed by atoms with van der Waals surface area (Å²) in [6.45, 7) is 6.59. The molecule has 0 bridgehead atoms. The second-order valence-corrected chi connectivity index (χ2v) is 5.42. The van der Waals surface area contributed by atoms with E-state index in [1.165, 1.54) is 19.1 Å². The molecule has 0 aromatic heterocycles. The molecule has 0 fully saturated rings. The summed E-state index contributed by atoms with van der Waals surface area (Å²) in [4.78, 5) is 11.5. The van der Waals surface area contributed by atoms with Crippen molar-refractivity contribution in [3.63, 3.8) is 0 Å². The lowest BCUT2D eigenvalue weighted by molar-refractivity contribution is -0.148. The molecule has 0 spiro atoms. The van der Waals surface area contributed by atoms with Crippen molar-refractivity contribution in [1.82, 2.24) is 0 Å². The molecule has 6 heteroatoms. The smallest absolute Gasteiger partial charge is 0.416 e. The highest BCUT2D eigenvalue weighted by Gasteiger charge is 2.30. The van der Waals surface area contributed by atoms with Crippen molar-refractivity contribution >= 4 is 5.97 Å². The van der Waals surface area contributed by atoms with Gasteiger partial charge in [0, 0.05) is 0 Å². The summed E-state index contributed by atoms with van der Waals surface area (Å²) in [6.07, 6.45) is -3.35. The lowest BCUT2D eigenvalue weighted by Crippen LogP contribution is -2.22. The van der Waals surface area contributed by atoms with Crippen LogP contribution in [0, 0.1) is 0 Å². The van der Waals surface area contributed by atoms with Crippen molar-refractivity contribution in [2.24, 2.45) is 0 Å². The molecule has 0 aliphatic heterocycles. The summed E-state index contributed by atoms with van der Waals surface area (Å²) in [7, 11) is 0. The van der Waals surface area contributed by atoms with Gasteiger partial charge >= 0.3 is 12.1 Å². The highest BCUT2D eigenvalue weighted by Crippen LogP contribution is 2.31. The number of hydrogen-bond acceptors (Lipinski definition) is 3.